The first-order chi connectivity index (χ1) is 8.04. The fourth-order valence-corrected chi connectivity index (χ4v) is 2.14. The van der Waals surface area contributed by atoms with Crippen LogP contribution in [-0.2, 0) is 6.42 Å². The maximum Gasteiger partial charge on any atom is 0.157 e. The van der Waals surface area contributed by atoms with Gasteiger partial charge in [-0.2, -0.15) is 0 Å². The minimum atomic E-state index is -0.0406. The van der Waals surface area contributed by atoms with Crippen LogP contribution >= 0.6 is 0 Å². The minimum absolute atomic E-state index is 0.0169. The highest BCUT2D eigenvalue weighted by Crippen LogP contribution is 2.27. The lowest BCUT2D eigenvalue weighted by Gasteiger charge is -2.19. The van der Waals surface area contributed by atoms with E-state index in [4.69, 9.17) is 0 Å². The predicted molar refractivity (Wildman–Crippen MR) is 71.3 cm³/mol. The van der Waals surface area contributed by atoms with Crippen LogP contribution in [0.4, 0.5) is 0 Å². The van der Waals surface area contributed by atoms with Crippen LogP contribution in [0.25, 0.3) is 0 Å². The van der Waals surface area contributed by atoms with Gasteiger partial charge in [-0.3, -0.25) is 0 Å². The topological polar surface area (TPSA) is 40.5 Å². The molecular weight excluding hydrogens is 212 g/mol. The van der Waals surface area contributed by atoms with Crippen LogP contribution in [0.1, 0.15) is 45.6 Å². The average Bonchev–Trinajstić information content (AvgIpc) is 2.30. The highest BCUT2D eigenvalue weighted by Gasteiger charge is 2.11. The number of hydrogen-bond donors (Lipinski definition) is 2. The van der Waals surface area contributed by atoms with Crippen LogP contribution < -0.4 is 0 Å². The standard InChI is InChI=1S/C15H24O2/c1-4-5-11(2)12(3)6-7-13-8-9-14(16)15(17)10-13/h8-12,16-17H,4-7H2,1-3H3. The van der Waals surface area contributed by atoms with Gasteiger partial charge in [0.15, 0.2) is 11.5 Å². The molecule has 0 bridgehead atoms. The Bertz CT molecular complexity index is 347. The molecule has 0 amide bonds. The van der Waals surface area contributed by atoms with Crippen molar-refractivity contribution >= 4 is 0 Å². The summed E-state index contributed by atoms with van der Waals surface area (Å²) in [7, 11) is 0. The Hall–Kier alpha value is -1.18. The van der Waals surface area contributed by atoms with E-state index >= 15 is 0 Å². The molecule has 0 saturated carbocycles. The van der Waals surface area contributed by atoms with Gasteiger partial charge >= 0.3 is 0 Å². The van der Waals surface area contributed by atoms with Crippen molar-refractivity contribution in [2.75, 3.05) is 0 Å². The molecule has 2 nitrogen and oxygen atoms in total. The molecule has 1 rings (SSSR count). The van der Waals surface area contributed by atoms with Gasteiger partial charge in [-0.15, -0.1) is 0 Å². The molecule has 1 aromatic rings. The third-order valence-corrected chi connectivity index (χ3v) is 3.64. The van der Waals surface area contributed by atoms with Crippen LogP contribution in [0.15, 0.2) is 18.2 Å². The number of aromatic hydroxyl groups is 2. The lowest BCUT2D eigenvalue weighted by atomic mass is 9.87. The molecular formula is C15H24O2. The van der Waals surface area contributed by atoms with E-state index < -0.39 is 0 Å². The fourth-order valence-electron chi connectivity index (χ4n) is 2.14. The van der Waals surface area contributed by atoms with Crippen LogP contribution in [0.3, 0.4) is 0 Å². The summed E-state index contributed by atoms with van der Waals surface area (Å²) in [5.41, 5.74) is 1.09. The number of hydrogen-bond acceptors (Lipinski definition) is 2. The van der Waals surface area contributed by atoms with Crippen molar-refractivity contribution in [1.29, 1.82) is 0 Å². The van der Waals surface area contributed by atoms with E-state index in [1.54, 1.807) is 12.1 Å². The SMILES string of the molecule is CCCC(C)C(C)CCc1ccc(O)c(O)c1. The smallest absolute Gasteiger partial charge is 0.157 e. The first-order valence-corrected chi connectivity index (χ1v) is 6.55. The minimum Gasteiger partial charge on any atom is -0.504 e. The van der Waals surface area contributed by atoms with E-state index in [0.717, 1.165) is 24.3 Å². The van der Waals surface area contributed by atoms with E-state index in [-0.39, 0.29) is 11.5 Å². The van der Waals surface area contributed by atoms with Crippen molar-refractivity contribution in [2.45, 2.75) is 46.5 Å². The normalized spacial score (nSPS) is 14.5. The van der Waals surface area contributed by atoms with E-state index in [1.165, 1.54) is 12.8 Å². The molecule has 0 heterocycles. The van der Waals surface area contributed by atoms with E-state index in [9.17, 15) is 10.2 Å². The Balaban J connectivity index is 2.47. The molecule has 2 N–H and O–H groups in total. The lowest BCUT2D eigenvalue weighted by Crippen LogP contribution is -2.08. The van der Waals surface area contributed by atoms with Gasteiger partial charge in [0.2, 0.25) is 0 Å². The second-order valence-corrected chi connectivity index (χ2v) is 5.10. The largest absolute Gasteiger partial charge is 0.504 e. The molecule has 17 heavy (non-hydrogen) atoms. The zero-order valence-electron chi connectivity index (χ0n) is 11.1. The number of aryl methyl sites for hydroxylation is 1. The Morgan fingerprint density at radius 2 is 1.65 bits per heavy atom. The third kappa shape index (κ3) is 4.29. The number of benzene rings is 1. The molecule has 0 aliphatic carbocycles. The van der Waals surface area contributed by atoms with Crippen LogP contribution in [0, 0.1) is 11.8 Å². The average molecular weight is 236 g/mol. The molecule has 0 radical (unpaired) electrons. The first kappa shape index (κ1) is 13.9. The van der Waals surface area contributed by atoms with Crippen molar-refractivity contribution in [2.24, 2.45) is 11.8 Å². The molecule has 2 unspecified atom stereocenters. The second-order valence-electron chi connectivity index (χ2n) is 5.10. The summed E-state index contributed by atoms with van der Waals surface area (Å²) in [6.07, 6.45) is 4.61. The lowest BCUT2D eigenvalue weighted by molar-refractivity contribution is 0.341. The molecule has 0 fully saturated rings. The van der Waals surface area contributed by atoms with Gasteiger partial charge in [-0.1, -0.05) is 39.7 Å². The maximum atomic E-state index is 9.41. The van der Waals surface area contributed by atoms with Gasteiger partial charge in [-0.05, 0) is 42.4 Å². The molecule has 2 heteroatoms. The van der Waals surface area contributed by atoms with Crippen molar-refractivity contribution in [1.82, 2.24) is 0 Å². The molecule has 2 atom stereocenters. The van der Waals surface area contributed by atoms with Crippen molar-refractivity contribution in [3.63, 3.8) is 0 Å². The van der Waals surface area contributed by atoms with Gasteiger partial charge in [0.05, 0.1) is 0 Å². The Morgan fingerprint density at radius 3 is 2.24 bits per heavy atom. The Morgan fingerprint density at radius 1 is 1.00 bits per heavy atom. The molecule has 0 spiro atoms. The Kier molecular flexibility index (Phi) is 5.33. The summed E-state index contributed by atoms with van der Waals surface area (Å²) in [5, 5.41) is 18.6. The van der Waals surface area contributed by atoms with Gasteiger partial charge in [-0.25, -0.2) is 0 Å². The summed E-state index contributed by atoms with van der Waals surface area (Å²) in [6, 6.07) is 5.10. The molecule has 0 aliphatic rings. The quantitative estimate of drug-likeness (QED) is 0.730. The van der Waals surface area contributed by atoms with E-state index in [2.05, 4.69) is 20.8 Å². The van der Waals surface area contributed by atoms with Gasteiger partial charge in [0, 0.05) is 0 Å². The maximum absolute atomic E-state index is 9.41. The highest BCUT2D eigenvalue weighted by atomic mass is 16.3. The zero-order valence-corrected chi connectivity index (χ0v) is 11.1. The van der Waals surface area contributed by atoms with Crippen LogP contribution in [0.2, 0.25) is 0 Å². The highest BCUT2D eigenvalue weighted by molar-refractivity contribution is 5.40. The fraction of sp³-hybridized carbons (Fsp3) is 0.600. The molecule has 0 saturated heterocycles. The van der Waals surface area contributed by atoms with Gasteiger partial charge < -0.3 is 10.2 Å². The van der Waals surface area contributed by atoms with E-state index in [1.807, 2.05) is 6.07 Å². The van der Waals surface area contributed by atoms with Gasteiger partial charge in [0.1, 0.15) is 0 Å². The van der Waals surface area contributed by atoms with Crippen LogP contribution in [0.5, 0.6) is 11.5 Å². The number of rotatable bonds is 6. The summed E-state index contributed by atoms with van der Waals surface area (Å²) in [5.74, 6) is 1.40. The van der Waals surface area contributed by atoms with Crippen molar-refractivity contribution in [3.8, 4) is 11.5 Å². The summed E-state index contributed by atoms with van der Waals surface area (Å²) in [4.78, 5) is 0. The molecule has 96 valence electrons. The first-order valence-electron chi connectivity index (χ1n) is 6.55. The van der Waals surface area contributed by atoms with Crippen LogP contribution in [-0.4, -0.2) is 10.2 Å². The van der Waals surface area contributed by atoms with Crippen molar-refractivity contribution < 1.29 is 10.2 Å². The summed E-state index contributed by atoms with van der Waals surface area (Å²) < 4.78 is 0. The second kappa shape index (κ2) is 6.53. The number of phenols is 2. The predicted octanol–water partition coefficient (Wildman–Crippen LogP) is 4.10. The third-order valence-electron chi connectivity index (χ3n) is 3.64. The zero-order chi connectivity index (χ0) is 12.8. The summed E-state index contributed by atoms with van der Waals surface area (Å²) in [6.45, 7) is 6.82. The van der Waals surface area contributed by atoms with Gasteiger partial charge in [0.25, 0.3) is 0 Å². The van der Waals surface area contributed by atoms with E-state index in [0.29, 0.717) is 5.92 Å². The molecule has 1 aromatic carbocycles. The Labute approximate surface area is 104 Å². The summed E-state index contributed by atoms with van der Waals surface area (Å²) >= 11 is 0. The monoisotopic (exact) mass is 236 g/mol. The molecule has 0 aromatic heterocycles. The van der Waals surface area contributed by atoms with Crippen molar-refractivity contribution in [3.05, 3.63) is 23.8 Å². The number of phenolic OH excluding ortho intramolecular Hbond substituents is 2. The molecule has 0 aliphatic heterocycles.